The van der Waals surface area contributed by atoms with Gasteiger partial charge in [0.15, 0.2) is 0 Å². The van der Waals surface area contributed by atoms with Crippen LogP contribution < -0.4 is 0 Å². The van der Waals surface area contributed by atoms with Gasteiger partial charge >= 0.3 is 0 Å². The number of aryl methyl sites for hydroxylation is 1. The summed E-state index contributed by atoms with van der Waals surface area (Å²) < 4.78 is 26.9. The van der Waals surface area contributed by atoms with Crippen molar-refractivity contribution in [3.05, 3.63) is 17.0 Å². The SMILES string of the molecule is Cc1ccc(S(=O)(=O)N2CCCC(CCO)C2)s1. The molecule has 1 saturated heterocycles. The lowest BCUT2D eigenvalue weighted by atomic mass is 9.97. The van der Waals surface area contributed by atoms with Gasteiger partial charge in [-0.05, 0) is 44.2 Å². The number of rotatable bonds is 4. The van der Waals surface area contributed by atoms with Crippen molar-refractivity contribution in [2.24, 2.45) is 5.92 Å². The number of hydrogen-bond acceptors (Lipinski definition) is 4. The summed E-state index contributed by atoms with van der Waals surface area (Å²) >= 11 is 1.32. The summed E-state index contributed by atoms with van der Waals surface area (Å²) in [6.07, 6.45) is 2.58. The van der Waals surface area contributed by atoms with Crippen LogP contribution in [0, 0.1) is 12.8 Å². The molecule has 1 aliphatic heterocycles. The van der Waals surface area contributed by atoms with Crippen LogP contribution in [0.15, 0.2) is 16.3 Å². The first-order valence-corrected chi connectivity index (χ1v) is 8.47. The van der Waals surface area contributed by atoms with E-state index >= 15 is 0 Å². The molecule has 4 nitrogen and oxygen atoms in total. The molecule has 0 aromatic carbocycles. The van der Waals surface area contributed by atoms with E-state index in [1.807, 2.05) is 13.0 Å². The fourth-order valence-electron chi connectivity index (χ4n) is 2.34. The molecular weight excluding hydrogens is 270 g/mol. The van der Waals surface area contributed by atoms with Gasteiger partial charge in [0, 0.05) is 24.6 Å². The molecular formula is C12H19NO3S2. The molecule has 0 aliphatic carbocycles. The zero-order chi connectivity index (χ0) is 13.2. The Morgan fingerprint density at radius 2 is 2.28 bits per heavy atom. The highest BCUT2D eigenvalue weighted by molar-refractivity contribution is 7.91. The van der Waals surface area contributed by atoms with Crippen molar-refractivity contribution in [2.45, 2.75) is 30.4 Å². The maximum atomic E-state index is 12.4. The van der Waals surface area contributed by atoms with E-state index in [1.54, 1.807) is 10.4 Å². The molecule has 0 saturated carbocycles. The zero-order valence-electron chi connectivity index (χ0n) is 10.5. The summed E-state index contributed by atoms with van der Waals surface area (Å²) in [6, 6.07) is 3.53. The Bertz CT molecular complexity index is 493. The van der Waals surface area contributed by atoms with Crippen molar-refractivity contribution in [3.8, 4) is 0 Å². The van der Waals surface area contributed by atoms with E-state index in [2.05, 4.69) is 0 Å². The van der Waals surface area contributed by atoms with Crippen molar-refractivity contribution in [2.75, 3.05) is 19.7 Å². The summed E-state index contributed by atoms with van der Waals surface area (Å²) in [5.41, 5.74) is 0. The average molecular weight is 289 g/mol. The van der Waals surface area contributed by atoms with Gasteiger partial charge in [-0.15, -0.1) is 11.3 Å². The third-order valence-electron chi connectivity index (χ3n) is 3.33. The maximum absolute atomic E-state index is 12.4. The number of aliphatic hydroxyl groups is 1. The van der Waals surface area contributed by atoms with E-state index in [-0.39, 0.29) is 6.61 Å². The second kappa shape index (κ2) is 5.69. The summed E-state index contributed by atoms with van der Waals surface area (Å²) in [7, 11) is -3.32. The van der Waals surface area contributed by atoms with Crippen molar-refractivity contribution >= 4 is 21.4 Å². The molecule has 0 radical (unpaired) electrons. The summed E-state index contributed by atoms with van der Waals surface area (Å²) in [5.74, 6) is 0.291. The lowest BCUT2D eigenvalue weighted by Gasteiger charge is -2.31. The first kappa shape index (κ1) is 14.0. The van der Waals surface area contributed by atoms with Crippen molar-refractivity contribution < 1.29 is 13.5 Å². The number of piperidine rings is 1. The van der Waals surface area contributed by atoms with Gasteiger partial charge in [0.1, 0.15) is 4.21 Å². The van der Waals surface area contributed by atoms with Gasteiger partial charge in [-0.2, -0.15) is 4.31 Å². The van der Waals surface area contributed by atoms with Crippen LogP contribution in [-0.2, 0) is 10.0 Å². The molecule has 1 aromatic rings. The van der Waals surface area contributed by atoms with Gasteiger partial charge in [-0.25, -0.2) is 8.42 Å². The molecule has 1 aromatic heterocycles. The van der Waals surface area contributed by atoms with E-state index in [9.17, 15) is 8.42 Å². The Hall–Kier alpha value is -0.430. The topological polar surface area (TPSA) is 57.6 Å². The highest BCUT2D eigenvalue weighted by Crippen LogP contribution is 2.28. The Kier molecular flexibility index (Phi) is 4.42. The fraction of sp³-hybridized carbons (Fsp3) is 0.667. The molecule has 1 fully saturated rings. The molecule has 1 unspecified atom stereocenters. The molecule has 0 spiro atoms. The Morgan fingerprint density at radius 3 is 2.89 bits per heavy atom. The fourth-order valence-corrected chi connectivity index (χ4v) is 5.33. The van der Waals surface area contributed by atoms with Gasteiger partial charge in [0.2, 0.25) is 0 Å². The molecule has 2 heterocycles. The summed E-state index contributed by atoms with van der Waals surface area (Å²) in [6.45, 7) is 3.19. The molecule has 2 rings (SSSR count). The number of thiophene rings is 1. The van der Waals surface area contributed by atoms with Crippen LogP contribution in [0.4, 0.5) is 0 Å². The van der Waals surface area contributed by atoms with E-state index in [0.29, 0.717) is 29.6 Å². The van der Waals surface area contributed by atoms with Crippen LogP contribution in [0.5, 0.6) is 0 Å². The molecule has 1 atom stereocenters. The minimum absolute atomic E-state index is 0.136. The van der Waals surface area contributed by atoms with Crippen LogP contribution in [0.25, 0.3) is 0 Å². The van der Waals surface area contributed by atoms with E-state index in [1.165, 1.54) is 11.3 Å². The second-order valence-electron chi connectivity index (χ2n) is 4.75. The quantitative estimate of drug-likeness (QED) is 0.920. The van der Waals surface area contributed by atoms with Crippen LogP contribution in [-0.4, -0.2) is 37.5 Å². The number of aliphatic hydroxyl groups excluding tert-OH is 1. The van der Waals surface area contributed by atoms with Crippen LogP contribution in [0.2, 0.25) is 0 Å². The third kappa shape index (κ3) is 2.93. The highest BCUT2D eigenvalue weighted by atomic mass is 32.2. The molecule has 102 valence electrons. The Balaban J connectivity index is 2.15. The molecule has 1 N–H and O–H groups in total. The van der Waals surface area contributed by atoms with Crippen molar-refractivity contribution in [1.82, 2.24) is 4.31 Å². The molecule has 18 heavy (non-hydrogen) atoms. The standard InChI is InChI=1S/C12H19NO3S2/c1-10-4-5-12(17-10)18(15,16)13-7-2-3-11(9-13)6-8-14/h4-5,11,14H,2-3,6-9H2,1H3. The van der Waals surface area contributed by atoms with Crippen molar-refractivity contribution in [1.29, 1.82) is 0 Å². The van der Waals surface area contributed by atoms with Gasteiger partial charge in [0.05, 0.1) is 0 Å². The highest BCUT2D eigenvalue weighted by Gasteiger charge is 2.30. The predicted molar refractivity (Wildman–Crippen MR) is 72.2 cm³/mol. The van der Waals surface area contributed by atoms with Crippen LogP contribution in [0.3, 0.4) is 0 Å². The van der Waals surface area contributed by atoms with Crippen LogP contribution in [0.1, 0.15) is 24.1 Å². The number of hydrogen-bond donors (Lipinski definition) is 1. The first-order valence-electron chi connectivity index (χ1n) is 6.21. The summed E-state index contributed by atoms with van der Waals surface area (Å²) in [4.78, 5) is 1.01. The maximum Gasteiger partial charge on any atom is 0.252 e. The normalized spacial score (nSPS) is 22.2. The lowest BCUT2D eigenvalue weighted by Crippen LogP contribution is -2.39. The predicted octanol–water partition coefficient (Wildman–Crippen LogP) is 1.84. The van der Waals surface area contributed by atoms with E-state index in [4.69, 9.17) is 5.11 Å². The van der Waals surface area contributed by atoms with Crippen LogP contribution >= 0.6 is 11.3 Å². The minimum Gasteiger partial charge on any atom is -0.396 e. The molecule has 1 aliphatic rings. The van der Waals surface area contributed by atoms with Gasteiger partial charge in [-0.1, -0.05) is 0 Å². The zero-order valence-corrected chi connectivity index (χ0v) is 12.1. The Morgan fingerprint density at radius 1 is 1.50 bits per heavy atom. The molecule has 0 amide bonds. The monoisotopic (exact) mass is 289 g/mol. The number of nitrogens with zero attached hydrogens (tertiary/aromatic N) is 1. The molecule has 6 heteroatoms. The lowest BCUT2D eigenvalue weighted by molar-refractivity contribution is 0.203. The second-order valence-corrected chi connectivity index (χ2v) is 8.20. The van der Waals surface area contributed by atoms with Crippen molar-refractivity contribution in [3.63, 3.8) is 0 Å². The third-order valence-corrected chi connectivity index (χ3v) is 6.66. The smallest absolute Gasteiger partial charge is 0.252 e. The van der Waals surface area contributed by atoms with E-state index < -0.39 is 10.0 Å². The van der Waals surface area contributed by atoms with E-state index in [0.717, 1.165) is 17.7 Å². The molecule has 0 bridgehead atoms. The number of sulfonamides is 1. The van der Waals surface area contributed by atoms with Gasteiger partial charge in [-0.3, -0.25) is 0 Å². The largest absolute Gasteiger partial charge is 0.396 e. The first-order chi connectivity index (χ1) is 8.54. The minimum atomic E-state index is -3.32. The van der Waals surface area contributed by atoms with Gasteiger partial charge in [0.25, 0.3) is 10.0 Å². The van der Waals surface area contributed by atoms with Gasteiger partial charge < -0.3 is 5.11 Å². The Labute approximate surface area is 112 Å². The average Bonchev–Trinajstić information content (AvgIpc) is 2.77. The summed E-state index contributed by atoms with van der Waals surface area (Å²) in [5, 5.41) is 8.96.